The number of para-hydroxylation sites is 1. The number of nitrogen functional groups attached to an aromatic ring is 1. The van der Waals surface area contributed by atoms with Gasteiger partial charge in [0.15, 0.2) is 0 Å². The number of aliphatic hydroxyl groups is 1. The van der Waals surface area contributed by atoms with E-state index in [1.807, 2.05) is 0 Å². The minimum Gasteiger partial charge on any atom is -0.495 e. The summed E-state index contributed by atoms with van der Waals surface area (Å²) < 4.78 is 32.9. The van der Waals surface area contributed by atoms with Gasteiger partial charge in [0.25, 0.3) is 0 Å². The van der Waals surface area contributed by atoms with Gasteiger partial charge in [-0.2, -0.15) is 0 Å². The van der Waals surface area contributed by atoms with Crippen LogP contribution in [-0.2, 0) is 0 Å². The predicted octanol–water partition coefficient (Wildman–Crippen LogP) is 3.40. The molecule has 3 nitrogen and oxygen atoms in total. The first-order valence-electron chi connectivity index (χ1n) is 5.71. The number of benzene rings is 2. The molecule has 0 amide bonds. The second kappa shape index (κ2) is 5.76. The highest BCUT2D eigenvalue weighted by molar-refractivity contribution is 9.10. The second-order valence-corrected chi connectivity index (χ2v) is 4.98. The van der Waals surface area contributed by atoms with Crippen LogP contribution in [0.3, 0.4) is 0 Å². The van der Waals surface area contributed by atoms with E-state index < -0.39 is 23.3 Å². The van der Waals surface area contributed by atoms with Crippen LogP contribution in [0.15, 0.2) is 34.8 Å². The molecule has 2 rings (SSSR count). The zero-order valence-electron chi connectivity index (χ0n) is 10.5. The molecule has 0 saturated carbocycles. The number of nitrogens with two attached hydrogens (primary N) is 1. The number of anilines is 1. The van der Waals surface area contributed by atoms with Gasteiger partial charge >= 0.3 is 0 Å². The Morgan fingerprint density at radius 1 is 1.25 bits per heavy atom. The maximum atomic E-state index is 14.0. The van der Waals surface area contributed by atoms with Crippen LogP contribution in [0.1, 0.15) is 17.2 Å². The van der Waals surface area contributed by atoms with Crippen molar-refractivity contribution in [2.75, 3.05) is 12.8 Å². The van der Waals surface area contributed by atoms with E-state index in [0.29, 0.717) is 5.75 Å². The van der Waals surface area contributed by atoms with Gasteiger partial charge in [0, 0.05) is 5.56 Å². The average molecular weight is 344 g/mol. The van der Waals surface area contributed by atoms with Crippen molar-refractivity contribution in [3.8, 4) is 5.75 Å². The second-order valence-electron chi connectivity index (χ2n) is 4.12. The van der Waals surface area contributed by atoms with Crippen molar-refractivity contribution in [3.63, 3.8) is 0 Å². The van der Waals surface area contributed by atoms with Gasteiger partial charge in [0.2, 0.25) is 0 Å². The first-order chi connectivity index (χ1) is 9.47. The maximum absolute atomic E-state index is 14.0. The third kappa shape index (κ3) is 2.48. The summed E-state index contributed by atoms with van der Waals surface area (Å²) in [6.45, 7) is 0. The topological polar surface area (TPSA) is 55.5 Å². The van der Waals surface area contributed by atoms with Crippen molar-refractivity contribution in [2.45, 2.75) is 6.10 Å². The molecule has 0 radical (unpaired) electrons. The van der Waals surface area contributed by atoms with Crippen LogP contribution in [0.25, 0.3) is 0 Å². The van der Waals surface area contributed by atoms with Crippen LogP contribution in [0, 0.1) is 11.6 Å². The lowest BCUT2D eigenvalue weighted by Crippen LogP contribution is -2.09. The molecule has 0 aliphatic rings. The lowest BCUT2D eigenvalue weighted by Gasteiger charge is -2.17. The Bertz CT molecular complexity index is 649. The average Bonchev–Trinajstić information content (AvgIpc) is 2.43. The minimum absolute atomic E-state index is 0.0643. The summed E-state index contributed by atoms with van der Waals surface area (Å²) in [6, 6.07) is 6.97. The van der Waals surface area contributed by atoms with E-state index in [2.05, 4.69) is 15.9 Å². The Morgan fingerprint density at radius 2 is 1.95 bits per heavy atom. The fourth-order valence-electron chi connectivity index (χ4n) is 1.93. The molecule has 0 fully saturated rings. The normalized spacial score (nSPS) is 12.2. The fourth-order valence-corrected chi connectivity index (χ4v) is 2.27. The van der Waals surface area contributed by atoms with Crippen LogP contribution in [-0.4, -0.2) is 12.2 Å². The maximum Gasteiger partial charge on any atom is 0.146 e. The summed E-state index contributed by atoms with van der Waals surface area (Å²) >= 11 is 2.96. The van der Waals surface area contributed by atoms with Crippen molar-refractivity contribution in [2.24, 2.45) is 0 Å². The van der Waals surface area contributed by atoms with E-state index in [-0.39, 0.29) is 15.7 Å². The Hall–Kier alpha value is -1.66. The van der Waals surface area contributed by atoms with Gasteiger partial charge in [0.05, 0.1) is 22.8 Å². The fraction of sp³-hybridized carbons (Fsp3) is 0.143. The largest absolute Gasteiger partial charge is 0.495 e. The Kier molecular flexibility index (Phi) is 4.25. The highest BCUT2D eigenvalue weighted by atomic mass is 79.9. The molecule has 106 valence electrons. The summed E-state index contributed by atoms with van der Waals surface area (Å²) in [5, 5.41) is 10.2. The molecular formula is C14H12BrF2NO2. The molecule has 0 aromatic heterocycles. The van der Waals surface area contributed by atoms with Gasteiger partial charge in [-0.15, -0.1) is 0 Å². The quantitative estimate of drug-likeness (QED) is 0.663. The molecule has 0 saturated heterocycles. The molecule has 0 aliphatic carbocycles. The molecule has 0 bridgehead atoms. The van der Waals surface area contributed by atoms with Crippen LogP contribution in [0.5, 0.6) is 5.75 Å². The first-order valence-corrected chi connectivity index (χ1v) is 6.50. The van der Waals surface area contributed by atoms with Gasteiger partial charge in [0.1, 0.15) is 23.5 Å². The van der Waals surface area contributed by atoms with E-state index in [1.165, 1.54) is 19.2 Å². The number of hydrogen-bond acceptors (Lipinski definition) is 3. The van der Waals surface area contributed by atoms with Crippen LogP contribution in [0.4, 0.5) is 14.5 Å². The Balaban J connectivity index is 2.58. The third-order valence-corrected chi connectivity index (χ3v) is 3.58. The molecule has 0 heterocycles. The SMILES string of the molecule is COc1cccc(C(O)c2c(F)ccc(Br)c2F)c1N. The van der Waals surface area contributed by atoms with Gasteiger partial charge in [-0.1, -0.05) is 12.1 Å². The van der Waals surface area contributed by atoms with E-state index in [0.717, 1.165) is 6.07 Å². The van der Waals surface area contributed by atoms with Crippen molar-refractivity contribution in [3.05, 3.63) is 57.6 Å². The van der Waals surface area contributed by atoms with E-state index in [4.69, 9.17) is 10.5 Å². The summed E-state index contributed by atoms with van der Waals surface area (Å²) in [4.78, 5) is 0. The smallest absolute Gasteiger partial charge is 0.146 e. The number of methoxy groups -OCH3 is 1. The van der Waals surface area contributed by atoms with Crippen LogP contribution >= 0.6 is 15.9 Å². The van der Waals surface area contributed by atoms with Gasteiger partial charge in [-0.05, 0) is 34.1 Å². The molecule has 1 unspecified atom stereocenters. The molecule has 6 heteroatoms. The van der Waals surface area contributed by atoms with E-state index in [1.54, 1.807) is 12.1 Å². The number of rotatable bonds is 3. The zero-order valence-corrected chi connectivity index (χ0v) is 12.1. The molecule has 0 aliphatic heterocycles. The van der Waals surface area contributed by atoms with Gasteiger partial charge in [-0.25, -0.2) is 8.78 Å². The monoisotopic (exact) mass is 343 g/mol. The van der Waals surface area contributed by atoms with Crippen LogP contribution < -0.4 is 10.5 Å². The molecule has 0 spiro atoms. The summed E-state index contributed by atoms with van der Waals surface area (Å²) in [5.41, 5.74) is 5.69. The minimum atomic E-state index is -1.53. The lowest BCUT2D eigenvalue weighted by atomic mass is 9.98. The summed E-state index contributed by atoms with van der Waals surface area (Å²) in [7, 11) is 1.42. The number of ether oxygens (including phenoxy) is 1. The highest BCUT2D eigenvalue weighted by Crippen LogP contribution is 2.36. The molecule has 2 aromatic carbocycles. The predicted molar refractivity (Wildman–Crippen MR) is 75.5 cm³/mol. The van der Waals surface area contributed by atoms with Crippen molar-refractivity contribution in [1.82, 2.24) is 0 Å². The molecule has 2 aromatic rings. The number of halogens is 3. The third-order valence-electron chi connectivity index (χ3n) is 2.97. The molecular weight excluding hydrogens is 332 g/mol. The Labute approximate surface area is 123 Å². The summed E-state index contributed by atoms with van der Waals surface area (Å²) in [6.07, 6.45) is -1.53. The lowest BCUT2D eigenvalue weighted by molar-refractivity contribution is 0.209. The molecule has 1 atom stereocenters. The highest BCUT2D eigenvalue weighted by Gasteiger charge is 2.24. The number of hydrogen-bond donors (Lipinski definition) is 2. The van der Waals surface area contributed by atoms with Gasteiger partial charge < -0.3 is 15.6 Å². The molecule has 20 heavy (non-hydrogen) atoms. The number of aliphatic hydroxyl groups excluding tert-OH is 1. The van der Waals surface area contributed by atoms with Crippen molar-refractivity contribution in [1.29, 1.82) is 0 Å². The zero-order chi connectivity index (χ0) is 14.9. The van der Waals surface area contributed by atoms with Crippen molar-refractivity contribution >= 4 is 21.6 Å². The van der Waals surface area contributed by atoms with E-state index >= 15 is 0 Å². The first kappa shape index (κ1) is 14.7. The standard InChI is InChI=1S/C14H12BrF2NO2/c1-20-10-4-2-3-7(13(10)18)14(19)11-9(16)6-5-8(15)12(11)17/h2-6,14,19H,18H2,1H3. The summed E-state index contributed by atoms with van der Waals surface area (Å²) in [5.74, 6) is -1.38. The van der Waals surface area contributed by atoms with Crippen LogP contribution in [0.2, 0.25) is 0 Å². The van der Waals surface area contributed by atoms with Crippen molar-refractivity contribution < 1.29 is 18.6 Å². The molecule has 3 N–H and O–H groups in total. The Morgan fingerprint density at radius 3 is 2.60 bits per heavy atom. The van der Waals surface area contributed by atoms with Gasteiger partial charge in [-0.3, -0.25) is 0 Å². The van der Waals surface area contributed by atoms with E-state index in [9.17, 15) is 13.9 Å².